The molecule has 3 unspecified atom stereocenters. The fourth-order valence-electron chi connectivity index (χ4n) is 4.39. The number of Topliss-reactive ketones (excluding diaryl/α,β-unsaturated/α-hetero) is 1. The first-order valence-electron chi connectivity index (χ1n) is 8.16. The van der Waals surface area contributed by atoms with E-state index in [1.165, 1.54) is 25.7 Å². The Balaban J connectivity index is 2.14. The van der Waals surface area contributed by atoms with Gasteiger partial charge in [0.25, 0.3) is 0 Å². The van der Waals surface area contributed by atoms with Gasteiger partial charge in [-0.05, 0) is 75.4 Å². The predicted octanol–water partition coefficient (Wildman–Crippen LogP) is 4.05. The molecule has 116 valence electrons. The van der Waals surface area contributed by atoms with Gasteiger partial charge in [-0.1, -0.05) is 6.92 Å². The Hall–Kier alpha value is -0.0200. The van der Waals surface area contributed by atoms with Crippen LogP contribution in [0.4, 0.5) is 0 Å². The lowest BCUT2D eigenvalue weighted by atomic mass is 9.59. The van der Waals surface area contributed by atoms with Crippen molar-refractivity contribution in [2.75, 3.05) is 6.26 Å². The second-order valence-corrected chi connectivity index (χ2v) is 8.38. The van der Waals surface area contributed by atoms with E-state index in [4.69, 9.17) is 0 Å². The van der Waals surface area contributed by atoms with Crippen LogP contribution in [0.15, 0.2) is 0 Å². The maximum atomic E-state index is 11.4. The SMILES string of the molecule is CSC1CCC2CC(CCC(C)=O)(CC[C@H]2C)C[C@@H]1O. The van der Waals surface area contributed by atoms with Gasteiger partial charge in [-0.25, -0.2) is 0 Å². The Morgan fingerprint density at radius 2 is 2.05 bits per heavy atom. The second-order valence-electron chi connectivity index (χ2n) is 7.31. The third-order valence-electron chi connectivity index (χ3n) is 5.83. The van der Waals surface area contributed by atoms with E-state index in [1.54, 1.807) is 6.92 Å². The topological polar surface area (TPSA) is 37.3 Å². The number of carbonyl (C=O) groups excluding carboxylic acids is 1. The van der Waals surface area contributed by atoms with Crippen LogP contribution in [0.5, 0.6) is 0 Å². The van der Waals surface area contributed by atoms with Gasteiger partial charge in [-0.15, -0.1) is 0 Å². The maximum Gasteiger partial charge on any atom is 0.129 e. The summed E-state index contributed by atoms with van der Waals surface area (Å²) in [6.45, 7) is 4.09. The van der Waals surface area contributed by atoms with Gasteiger partial charge in [-0.3, -0.25) is 0 Å². The number of ketones is 1. The normalized spacial score (nSPS) is 41.8. The Bertz CT molecular complexity index is 344. The van der Waals surface area contributed by atoms with E-state index >= 15 is 0 Å². The Kier molecular flexibility index (Phi) is 5.58. The highest BCUT2D eigenvalue weighted by molar-refractivity contribution is 7.99. The molecule has 0 saturated heterocycles. The standard InChI is InChI=1S/C17H30O2S/c1-12-6-8-17(9-7-13(2)18)10-14(12)4-5-16(20-3)15(19)11-17/h12,14-16,19H,4-11H2,1-3H3/t12-,14?,15+,16?,17?/m1/s1. The number of carbonyl (C=O) groups is 1. The van der Waals surface area contributed by atoms with Crippen molar-refractivity contribution in [1.82, 2.24) is 0 Å². The van der Waals surface area contributed by atoms with E-state index in [0.717, 1.165) is 31.1 Å². The fourth-order valence-corrected chi connectivity index (χ4v) is 5.17. The summed E-state index contributed by atoms with van der Waals surface area (Å²) in [4.78, 5) is 11.4. The molecule has 2 rings (SSSR count). The molecule has 2 aliphatic carbocycles. The maximum absolute atomic E-state index is 11.4. The zero-order chi connectivity index (χ0) is 14.8. The van der Waals surface area contributed by atoms with Crippen LogP contribution in [0.2, 0.25) is 0 Å². The van der Waals surface area contributed by atoms with Gasteiger partial charge < -0.3 is 9.90 Å². The Morgan fingerprint density at radius 1 is 1.30 bits per heavy atom. The van der Waals surface area contributed by atoms with E-state index in [-0.39, 0.29) is 11.5 Å². The largest absolute Gasteiger partial charge is 0.392 e. The van der Waals surface area contributed by atoms with Crippen LogP contribution < -0.4 is 0 Å². The molecule has 5 atom stereocenters. The Morgan fingerprint density at radius 3 is 2.70 bits per heavy atom. The van der Waals surface area contributed by atoms with Gasteiger partial charge in [0, 0.05) is 11.7 Å². The molecule has 0 spiro atoms. The fraction of sp³-hybridized carbons (Fsp3) is 0.941. The molecular weight excluding hydrogens is 268 g/mol. The zero-order valence-electron chi connectivity index (χ0n) is 13.2. The van der Waals surface area contributed by atoms with Crippen molar-refractivity contribution in [3.8, 4) is 0 Å². The average Bonchev–Trinajstić information content (AvgIpc) is 2.39. The lowest BCUT2D eigenvalue weighted by Crippen LogP contribution is -2.41. The Labute approximate surface area is 128 Å². The van der Waals surface area contributed by atoms with Gasteiger partial charge in [0.05, 0.1) is 6.10 Å². The number of hydrogen-bond donors (Lipinski definition) is 1. The zero-order valence-corrected chi connectivity index (χ0v) is 14.0. The molecule has 20 heavy (non-hydrogen) atoms. The summed E-state index contributed by atoms with van der Waals surface area (Å²) in [7, 11) is 0. The molecule has 0 aromatic heterocycles. The molecule has 0 aromatic carbocycles. The molecule has 0 heterocycles. The third kappa shape index (κ3) is 3.79. The number of aliphatic hydroxyl groups is 1. The van der Waals surface area contributed by atoms with E-state index in [0.29, 0.717) is 17.5 Å². The minimum atomic E-state index is -0.189. The highest BCUT2D eigenvalue weighted by atomic mass is 32.2. The number of hydrogen-bond acceptors (Lipinski definition) is 3. The molecule has 1 N–H and O–H groups in total. The second kappa shape index (κ2) is 6.83. The van der Waals surface area contributed by atoms with Gasteiger partial charge in [-0.2, -0.15) is 11.8 Å². The first kappa shape index (κ1) is 16.4. The third-order valence-corrected chi connectivity index (χ3v) is 6.99. The number of fused-ring (bicyclic) bond motifs is 2. The van der Waals surface area contributed by atoms with Crippen LogP contribution in [-0.2, 0) is 4.79 Å². The van der Waals surface area contributed by atoms with E-state index in [1.807, 2.05) is 11.8 Å². The lowest BCUT2D eigenvalue weighted by molar-refractivity contribution is -0.118. The van der Waals surface area contributed by atoms with E-state index < -0.39 is 0 Å². The van der Waals surface area contributed by atoms with Crippen LogP contribution >= 0.6 is 11.8 Å². The molecule has 0 aromatic rings. The van der Waals surface area contributed by atoms with Gasteiger partial charge in [0.2, 0.25) is 0 Å². The molecular formula is C17H30O2S. The summed E-state index contributed by atoms with van der Waals surface area (Å²) in [6.07, 6.45) is 10.7. The number of rotatable bonds is 4. The predicted molar refractivity (Wildman–Crippen MR) is 86.0 cm³/mol. The minimum absolute atomic E-state index is 0.189. The molecule has 2 fully saturated rings. The monoisotopic (exact) mass is 298 g/mol. The van der Waals surface area contributed by atoms with Crippen molar-refractivity contribution in [1.29, 1.82) is 0 Å². The van der Waals surface area contributed by atoms with Crippen LogP contribution in [0.1, 0.15) is 65.2 Å². The molecule has 2 bridgehead atoms. The van der Waals surface area contributed by atoms with Crippen molar-refractivity contribution in [3.05, 3.63) is 0 Å². The lowest BCUT2D eigenvalue weighted by Gasteiger charge is -2.48. The number of aliphatic hydroxyl groups excluding tert-OH is 1. The molecule has 2 aliphatic rings. The molecule has 0 amide bonds. The molecule has 0 aliphatic heterocycles. The van der Waals surface area contributed by atoms with Gasteiger partial charge in [0.15, 0.2) is 0 Å². The summed E-state index contributed by atoms with van der Waals surface area (Å²) >= 11 is 1.82. The highest BCUT2D eigenvalue weighted by Crippen LogP contribution is 2.52. The van der Waals surface area contributed by atoms with Crippen LogP contribution in [0.25, 0.3) is 0 Å². The first-order valence-corrected chi connectivity index (χ1v) is 9.45. The molecule has 2 saturated carbocycles. The number of thioether (sulfide) groups is 1. The van der Waals surface area contributed by atoms with Crippen LogP contribution in [-0.4, -0.2) is 28.5 Å². The van der Waals surface area contributed by atoms with E-state index in [9.17, 15) is 9.90 Å². The summed E-state index contributed by atoms with van der Waals surface area (Å²) in [5.41, 5.74) is 0.233. The smallest absolute Gasteiger partial charge is 0.129 e. The van der Waals surface area contributed by atoms with Crippen molar-refractivity contribution in [2.24, 2.45) is 17.3 Å². The quantitative estimate of drug-likeness (QED) is 0.850. The molecule has 2 nitrogen and oxygen atoms in total. The summed E-state index contributed by atoms with van der Waals surface area (Å²) in [6, 6.07) is 0. The average molecular weight is 298 g/mol. The molecule has 0 radical (unpaired) electrons. The highest BCUT2D eigenvalue weighted by Gasteiger charge is 2.43. The van der Waals surface area contributed by atoms with Crippen molar-refractivity contribution >= 4 is 17.5 Å². The van der Waals surface area contributed by atoms with E-state index in [2.05, 4.69) is 13.2 Å². The van der Waals surface area contributed by atoms with Gasteiger partial charge >= 0.3 is 0 Å². The van der Waals surface area contributed by atoms with Crippen LogP contribution in [0.3, 0.4) is 0 Å². The summed E-state index contributed by atoms with van der Waals surface area (Å²) < 4.78 is 0. The van der Waals surface area contributed by atoms with Crippen molar-refractivity contribution in [2.45, 2.75) is 76.6 Å². The van der Waals surface area contributed by atoms with Crippen molar-refractivity contribution in [3.63, 3.8) is 0 Å². The van der Waals surface area contributed by atoms with Gasteiger partial charge in [0.1, 0.15) is 5.78 Å². The minimum Gasteiger partial charge on any atom is -0.392 e. The summed E-state index contributed by atoms with van der Waals surface area (Å²) in [5.74, 6) is 1.92. The van der Waals surface area contributed by atoms with Crippen molar-refractivity contribution < 1.29 is 9.90 Å². The molecule has 3 heteroatoms. The first-order chi connectivity index (χ1) is 9.46. The summed E-state index contributed by atoms with van der Waals surface area (Å²) in [5, 5.41) is 11.0. The van der Waals surface area contributed by atoms with Crippen LogP contribution in [0, 0.1) is 17.3 Å².